The number of hydrogen-bond donors (Lipinski definition) is 1. The molecule has 2 amide bonds. The maximum absolute atomic E-state index is 13.4. The van der Waals surface area contributed by atoms with Crippen LogP contribution in [0.2, 0.25) is 0 Å². The lowest BCUT2D eigenvalue weighted by atomic mass is 10.1. The fourth-order valence-electron chi connectivity index (χ4n) is 4.15. The van der Waals surface area contributed by atoms with Gasteiger partial charge in [0.05, 0.1) is 6.42 Å². The van der Waals surface area contributed by atoms with Gasteiger partial charge in [-0.15, -0.1) is 0 Å². The van der Waals surface area contributed by atoms with Crippen LogP contribution < -0.4 is 10.1 Å². The molecule has 1 N–H and O–H groups in total. The summed E-state index contributed by atoms with van der Waals surface area (Å²) in [6, 6.07) is 25.9. The fraction of sp³-hybridized carbons (Fsp3) is 0.276. The largest absolute Gasteiger partial charge is 0.481 e. The Balaban J connectivity index is 1.40. The van der Waals surface area contributed by atoms with Crippen LogP contribution in [0.5, 0.6) is 5.75 Å². The number of nitrogens with zero attached hydrogens (tertiary/aromatic N) is 1. The number of carbonyl (C=O) groups is 3. The molecule has 1 saturated heterocycles. The molecule has 0 spiro atoms. The molecule has 0 bridgehead atoms. The second-order valence-electron chi connectivity index (χ2n) is 8.59. The van der Waals surface area contributed by atoms with E-state index in [0.717, 1.165) is 16.7 Å². The summed E-state index contributed by atoms with van der Waals surface area (Å²) in [6.07, 6.45) is -0.573. The Bertz CT molecular complexity index is 1170. The van der Waals surface area contributed by atoms with E-state index in [9.17, 15) is 14.4 Å². The Morgan fingerprint density at radius 3 is 2.25 bits per heavy atom. The lowest BCUT2D eigenvalue weighted by Gasteiger charge is -2.36. The van der Waals surface area contributed by atoms with E-state index in [0.29, 0.717) is 25.3 Å². The number of hydrogen-bond acceptors (Lipinski definition) is 5. The van der Waals surface area contributed by atoms with Gasteiger partial charge in [-0.25, -0.2) is 0 Å². The molecule has 0 radical (unpaired) electrons. The van der Waals surface area contributed by atoms with E-state index < -0.39 is 18.1 Å². The summed E-state index contributed by atoms with van der Waals surface area (Å²) in [5.74, 6) is -0.659. The first-order valence-corrected chi connectivity index (χ1v) is 12.1. The summed E-state index contributed by atoms with van der Waals surface area (Å²) in [4.78, 5) is 40.0. The van der Waals surface area contributed by atoms with Crippen LogP contribution in [0.1, 0.15) is 25.3 Å². The zero-order valence-corrected chi connectivity index (χ0v) is 20.3. The van der Waals surface area contributed by atoms with Crippen molar-refractivity contribution in [1.82, 2.24) is 10.2 Å². The number of rotatable bonds is 9. The van der Waals surface area contributed by atoms with E-state index in [4.69, 9.17) is 9.47 Å². The molecule has 3 aromatic carbocycles. The predicted molar refractivity (Wildman–Crippen MR) is 136 cm³/mol. The summed E-state index contributed by atoms with van der Waals surface area (Å²) in [7, 11) is 0. The van der Waals surface area contributed by atoms with Crippen LogP contribution in [-0.4, -0.2) is 47.9 Å². The van der Waals surface area contributed by atoms with Crippen molar-refractivity contribution >= 4 is 17.8 Å². The van der Waals surface area contributed by atoms with E-state index in [1.165, 1.54) is 4.90 Å². The van der Waals surface area contributed by atoms with Crippen molar-refractivity contribution in [3.8, 4) is 16.9 Å². The van der Waals surface area contributed by atoms with Gasteiger partial charge in [0.2, 0.25) is 5.91 Å². The van der Waals surface area contributed by atoms with Crippen LogP contribution in [0, 0.1) is 0 Å². The number of amides is 2. The molecule has 7 nitrogen and oxygen atoms in total. The molecular weight excluding hydrogens is 456 g/mol. The van der Waals surface area contributed by atoms with Crippen molar-refractivity contribution < 1.29 is 23.9 Å². The first kappa shape index (κ1) is 25.0. The molecule has 7 heteroatoms. The molecule has 1 heterocycles. The Labute approximate surface area is 211 Å². The zero-order valence-electron chi connectivity index (χ0n) is 20.3. The predicted octanol–water partition coefficient (Wildman–Crippen LogP) is 3.97. The zero-order chi connectivity index (χ0) is 25.3. The van der Waals surface area contributed by atoms with Crippen molar-refractivity contribution in [3.63, 3.8) is 0 Å². The molecule has 1 aliphatic rings. The van der Waals surface area contributed by atoms with E-state index in [2.05, 4.69) is 5.32 Å². The molecule has 2 atom stereocenters. The second-order valence-corrected chi connectivity index (χ2v) is 8.59. The first-order chi connectivity index (χ1) is 17.5. The normalized spacial score (nSPS) is 16.1. The van der Waals surface area contributed by atoms with Crippen LogP contribution in [-0.2, 0) is 25.7 Å². The minimum Gasteiger partial charge on any atom is -0.481 e. The summed E-state index contributed by atoms with van der Waals surface area (Å²) < 4.78 is 11.4. The van der Waals surface area contributed by atoms with E-state index >= 15 is 0 Å². The average Bonchev–Trinajstić information content (AvgIpc) is 2.93. The molecule has 0 aliphatic carbocycles. The van der Waals surface area contributed by atoms with Crippen molar-refractivity contribution in [3.05, 3.63) is 90.5 Å². The van der Waals surface area contributed by atoms with Crippen molar-refractivity contribution in [2.45, 2.75) is 38.5 Å². The number of nitrogens with one attached hydrogen (secondary N) is 1. The highest BCUT2D eigenvalue weighted by Crippen LogP contribution is 2.24. The third-order valence-corrected chi connectivity index (χ3v) is 6.10. The minimum absolute atomic E-state index is 0.113. The van der Waals surface area contributed by atoms with Crippen molar-refractivity contribution in [2.75, 3.05) is 13.1 Å². The molecular formula is C29H30N2O5. The highest BCUT2D eigenvalue weighted by Gasteiger charge is 2.38. The van der Waals surface area contributed by atoms with Gasteiger partial charge in [0.1, 0.15) is 18.4 Å². The molecule has 1 fully saturated rings. The number of benzene rings is 3. The highest BCUT2D eigenvalue weighted by atomic mass is 16.5. The number of carbonyl (C=O) groups excluding carboxylic acids is 3. The monoisotopic (exact) mass is 486 g/mol. The maximum Gasteiger partial charge on any atom is 0.308 e. The van der Waals surface area contributed by atoms with Gasteiger partial charge < -0.3 is 19.7 Å². The third kappa shape index (κ3) is 6.30. The lowest BCUT2D eigenvalue weighted by Crippen LogP contribution is -2.60. The van der Waals surface area contributed by atoms with Crippen LogP contribution in [0.4, 0.5) is 0 Å². The molecule has 186 valence electrons. The van der Waals surface area contributed by atoms with Gasteiger partial charge >= 0.3 is 5.97 Å². The summed E-state index contributed by atoms with van der Waals surface area (Å²) in [5, 5.41) is 2.74. The Morgan fingerprint density at radius 1 is 0.944 bits per heavy atom. The molecule has 3 aromatic rings. The Morgan fingerprint density at radius 2 is 1.58 bits per heavy atom. The quantitative estimate of drug-likeness (QED) is 0.463. The molecule has 36 heavy (non-hydrogen) atoms. The molecule has 0 aromatic heterocycles. The van der Waals surface area contributed by atoms with Gasteiger partial charge in [0.25, 0.3) is 5.91 Å². The molecule has 1 aliphatic heterocycles. The second kappa shape index (κ2) is 12.0. The molecule has 2 unspecified atom stereocenters. The van der Waals surface area contributed by atoms with Crippen LogP contribution in [0.15, 0.2) is 84.9 Å². The van der Waals surface area contributed by atoms with Gasteiger partial charge in [0.15, 0.2) is 6.10 Å². The van der Waals surface area contributed by atoms with Gasteiger partial charge in [-0.05, 0) is 35.2 Å². The highest BCUT2D eigenvalue weighted by molar-refractivity contribution is 5.93. The molecule has 4 rings (SSSR count). The van der Waals surface area contributed by atoms with Gasteiger partial charge in [0, 0.05) is 13.1 Å². The van der Waals surface area contributed by atoms with Crippen LogP contribution >= 0.6 is 0 Å². The maximum atomic E-state index is 13.4. The average molecular weight is 487 g/mol. The van der Waals surface area contributed by atoms with E-state index in [1.807, 2.05) is 91.9 Å². The summed E-state index contributed by atoms with van der Waals surface area (Å²) in [6.45, 7) is 2.59. The number of esters is 1. The van der Waals surface area contributed by atoms with Gasteiger partial charge in [-0.3, -0.25) is 14.4 Å². The SMILES string of the molecule is CCC(Oc1ccc(-c2ccccc2)cc1)C(=O)N1CCNC(=O)C1CC(=O)OCc1ccccc1. The summed E-state index contributed by atoms with van der Waals surface area (Å²) in [5.41, 5.74) is 2.99. The Hall–Kier alpha value is -4.13. The third-order valence-electron chi connectivity index (χ3n) is 6.10. The first-order valence-electron chi connectivity index (χ1n) is 12.1. The summed E-state index contributed by atoms with van der Waals surface area (Å²) >= 11 is 0. The number of ether oxygens (including phenoxy) is 2. The standard InChI is InChI=1S/C29H30N2O5/c1-2-26(36-24-15-13-23(14-16-24)22-11-7-4-8-12-22)29(34)31-18-17-30-28(33)25(31)19-27(32)35-20-21-9-5-3-6-10-21/h3-16,25-26H,2,17-20H2,1H3,(H,30,33). The van der Waals surface area contributed by atoms with Crippen molar-refractivity contribution in [2.24, 2.45) is 0 Å². The van der Waals surface area contributed by atoms with E-state index in [-0.39, 0.29) is 24.8 Å². The lowest BCUT2D eigenvalue weighted by molar-refractivity contribution is -0.155. The van der Waals surface area contributed by atoms with Crippen LogP contribution in [0.3, 0.4) is 0 Å². The Kier molecular flexibility index (Phi) is 8.34. The smallest absolute Gasteiger partial charge is 0.308 e. The minimum atomic E-state index is -0.937. The fourth-order valence-corrected chi connectivity index (χ4v) is 4.15. The number of piperazine rings is 1. The van der Waals surface area contributed by atoms with Gasteiger partial charge in [-0.2, -0.15) is 0 Å². The van der Waals surface area contributed by atoms with Crippen molar-refractivity contribution in [1.29, 1.82) is 0 Å². The van der Waals surface area contributed by atoms with E-state index in [1.54, 1.807) is 0 Å². The topological polar surface area (TPSA) is 84.9 Å². The molecule has 0 saturated carbocycles. The van der Waals surface area contributed by atoms with Crippen LogP contribution in [0.25, 0.3) is 11.1 Å². The van der Waals surface area contributed by atoms with Gasteiger partial charge in [-0.1, -0.05) is 79.7 Å².